The van der Waals surface area contributed by atoms with E-state index in [9.17, 15) is 8.42 Å². The van der Waals surface area contributed by atoms with E-state index < -0.39 is 14.6 Å². The molecule has 0 aliphatic heterocycles. The zero-order valence-electron chi connectivity index (χ0n) is 6.01. The summed E-state index contributed by atoms with van der Waals surface area (Å²) in [5.74, 6) is 0. The van der Waals surface area contributed by atoms with Crippen LogP contribution in [0.15, 0.2) is 0 Å². The average Bonchev–Trinajstić information content (AvgIpc) is 1.64. The maximum Gasteiger partial charge on any atom is 0.151 e. The van der Waals surface area contributed by atoms with Gasteiger partial charge in [0, 0.05) is 6.26 Å². The van der Waals surface area contributed by atoms with Crippen molar-refractivity contribution in [3.63, 3.8) is 0 Å². The highest BCUT2D eigenvalue weighted by Gasteiger charge is 2.26. The van der Waals surface area contributed by atoms with Crippen molar-refractivity contribution in [2.45, 2.75) is 24.9 Å². The minimum atomic E-state index is -2.98. The van der Waals surface area contributed by atoms with Gasteiger partial charge in [0.1, 0.15) is 0 Å². The molecule has 0 saturated carbocycles. The van der Waals surface area contributed by atoms with Gasteiger partial charge in [0.05, 0.1) is 12.6 Å². The third-order valence-electron chi connectivity index (χ3n) is 1.50. The molecule has 0 aliphatic rings. The van der Waals surface area contributed by atoms with Gasteiger partial charge < -0.3 is 0 Å². The Labute approximate surface area is 58.0 Å². The largest absolute Gasteiger partial charge is 0.229 e. The molecule has 0 aromatic carbocycles. The van der Waals surface area contributed by atoms with E-state index in [0.29, 0.717) is 0 Å². The molecule has 0 unspecified atom stereocenters. The van der Waals surface area contributed by atoms with Crippen molar-refractivity contribution in [1.29, 1.82) is 0 Å². The second kappa shape index (κ2) is 2.33. The SMILES string of the molecule is [B]CC(C)(C)S(C)(=O)=O. The van der Waals surface area contributed by atoms with Crippen molar-refractivity contribution in [2.75, 3.05) is 6.26 Å². The summed E-state index contributed by atoms with van der Waals surface area (Å²) in [6.45, 7) is 3.23. The van der Waals surface area contributed by atoms with Crippen LogP contribution in [0.1, 0.15) is 13.8 Å². The molecule has 9 heavy (non-hydrogen) atoms. The Bertz CT molecular complexity index is 181. The minimum absolute atomic E-state index is 0.172. The maximum absolute atomic E-state index is 10.8. The summed E-state index contributed by atoms with van der Waals surface area (Å²) in [6.07, 6.45) is 1.37. The Morgan fingerprint density at radius 1 is 1.44 bits per heavy atom. The van der Waals surface area contributed by atoms with Gasteiger partial charge in [-0.05, 0) is 13.8 Å². The molecular weight excluding hydrogens is 135 g/mol. The fourth-order valence-electron chi connectivity index (χ4n) is 0.151. The van der Waals surface area contributed by atoms with Crippen LogP contribution in [-0.2, 0) is 9.84 Å². The zero-order valence-corrected chi connectivity index (χ0v) is 6.83. The highest BCUT2D eigenvalue weighted by atomic mass is 32.2. The van der Waals surface area contributed by atoms with Crippen LogP contribution in [0.5, 0.6) is 0 Å². The number of hydrogen-bond donors (Lipinski definition) is 0. The third kappa shape index (κ3) is 2.01. The van der Waals surface area contributed by atoms with Crippen molar-refractivity contribution >= 4 is 17.7 Å². The van der Waals surface area contributed by atoms with Gasteiger partial charge in [-0.25, -0.2) is 8.42 Å². The summed E-state index contributed by atoms with van der Waals surface area (Å²) in [5.41, 5.74) is 0. The minimum Gasteiger partial charge on any atom is -0.229 e. The first-order valence-electron chi connectivity index (χ1n) is 2.71. The van der Waals surface area contributed by atoms with Crippen LogP contribution in [0.25, 0.3) is 0 Å². The summed E-state index contributed by atoms with van der Waals surface area (Å²) in [5, 5.41) is 0. The van der Waals surface area contributed by atoms with E-state index in [2.05, 4.69) is 0 Å². The Morgan fingerprint density at radius 2 is 1.78 bits per heavy atom. The number of hydrogen-bond acceptors (Lipinski definition) is 2. The molecule has 0 saturated heterocycles. The van der Waals surface area contributed by atoms with Crippen LogP contribution in [0.3, 0.4) is 0 Å². The quantitative estimate of drug-likeness (QED) is 0.528. The highest BCUT2D eigenvalue weighted by Crippen LogP contribution is 2.17. The molecule has 4 heteroatoms. The monoisotopic (exact) mass is 146 g/mol. The normalized spacial score (nSPS) is 13.7. The van der Waals surface area contributed by atoms with Gasteiger partial charge in [-0.2, -0.15) is 0 Å². The van der Waals surface area contributed by atoms with Gasteiger partial charge in [-0.3, -0.25) is 0 Å². The molecule has 0 aromatic rings. The van der Waals surface area contributed by atoms with Crippen LogP contribution >= 0.6 is 0 Å². The molecule has 0 amide bonds. The molecule has 2 nitrogen and oxygen atoms in total. The smallest absolute Gasteiger partial charge is 0.151 e. The molecule has 0 heterocycles. The molecule has 0 rings (SSSR count). The van der Waals surface area contributed by atoms with E-state index in [4.69, 9.17) is 7.85 Å². The first-order chi connectivity index (χ1) is 3.81. The molecular formula is C5H11BO2S. The Hall–Kier alpha value is 0.0149. The Morgan fingerprint density at radius 3 is 1.78 bits per heavy atom. The lowest BCUT2D eigenvalue weighted by molar-refractivity contribution is 0.566. The number of rotatable bonds is 2. The van der Waals surface area contributed by atoms with Crippen LogP contribution in [-0.4, -0.2) is 27.3 Å². The lowest BCUT2D eigenvalue weighted by Crippen LogP contribution is -2.29. The van der Waals surface area contributed by atoms with Gasteiger partial charge >= 0.3 is 0 Å². The lowest BCUT2D eigenvalue weighted by atomic mass is 9.94. The second-order valence-corrected chi connectivity index (χ2v) is 5.39. The van der Waals surface area contributed by atoms with E-state index in [0.717, 1.165) is 0 Å². The van der Waals surface area contributed by atoms with Crippen molar-refractivity contribution in [3.05, 3.63) is 0 Å². The molecule has 52 valence electrons. The standard InChI is InChI=1S/C5H11BO2S/c1-5(2,4-6)9(3,7)8/h4H2,1-3H3. The van der Waals surface area contributed by atoms with Crippen LogP contribution in [0.4, 0.5) is 0 Å². The first kappa shape index (κ1) is 9.01. The molecule has 0 aromatic heterocycles. The molecule has 0 spiro atoms. The summed E-state index contributed by atoms with van der Waals surface area (Å²) >= 11 is 0. The molecule has 2 radical (unpaired) electrons. The summed E-state index contributed by atoms with van der Waals surface area (Å²) in [4.78, 5) is 0. The van der Waals surface area contributed by atoms with Gasteiger partial charge in [0.25, 0.3) is 0 Å². The lowest BCUT2D eigenvalue weighted by Gasteiger charge is -2.19. The van der Waals surface area contributed by atoms with Crippen molar-refractivity contribution in [1.82, 2.24) is 0 Å². The van der Waals surface area contributed by atoms with Crippen molar-refractivity contribution in [2.24, 2.45) is 0 Å². The van der Waals surface area contributed by atoms with Crippen LogP contribution < -0.4 is 0 Å². The molecule has 0 aliphatic carbocycles. The highest BCUT2D eigenvalue weighted by molar-refractivity contribution is 7.92. The van der Waals surface area contributed by atoms with E-state index in [1.165, 1.54) is 6.26 Å². The van der Waals surface area contributed by atoms with Crippen molar-refractivity contribution in [3.8, 4) is 0 Å². The molecule has 0 N–H and O–H groups in total. The predicted octanol–water partition coefficient (Wildman–Crippen LogP) is 0.396. The second-order valence-electron chi connectivity index (χ2n) is 2.74. The summed E-state index contributed by atoms with van der Waals surface area (Å²) in [7, 11) is 2.24. The van der Waals surface area contributed by atoms with Gasteiger partial charge in [0.15, 0.2) is 9.84 Å². The fourth-order valence-corrected chi connectivity index (χ4v) is 0.454. The van der Waals surface area contributed by atoms with Crippen molar-refractivity contribution < 1.29 is 8.42 Å². The predicted molar refractivity (Wildman–Crippen MR) is 39.5 cm³/mol. The van der Waals surface area contributed by atoms with Gasteiger partial charge in [0.2, 0.25) is 0 Å². The number of sulfone groups is 1. The van der Waals surface area contributed by atoms with Gasteiger partial charge in [-0.15, -0.1) is 0 Å². The third-order valence-corrected chi connectivity index (χ3v) is 3.67. The van der Waals surface area contributed by atoms with E-state index >= 15 is 0 Å². The van der Waals surface area contributed by atoms with E-state index in [-0.39, 0.29) is 6.32 Å². The fraction of sp³-hybridized carbons (Fsp3) is 1.00. The van der Waals surface area contributed by atoms with E-state index in [1.54, 1.807) is 13.8 Å². The van der Waals surface area contributed by atoms with Crippen LogP contribution in [0.2, 0.25) is 6.32 Å². The molecule has 0 bridgehead atoms. The summed E-state index contributed by atoms with van der Waals surface area (Å²) < 4.78 is 20.8. The first-order valence-corrected chi connectivity index (χ1v) is 4.60. The van der Waals surface area contributed by atoms with E-state index in [1.807, 2.05) is 0 Å². The average molecular weight is 146 g/mol. The Balaban J connectivity index is 4.56. The summed E-state index contributed by atoms with van der Waals surface area (Å²) in [6, 6.07) is 0. The van der Waals surface area contributed by atoms with Gasteiger partial charge in [-0.1, -0.05) is 6.32 Å². The molecule has 0 fully saturated rings. The Kier molecular flexibility index (Phi) is 2.33. The molecule has 0 atom stereocenters. The van der Waals surface area contributed by atoms with Crippen LogP contribution in [0, 0.1) is 0 Å². The topological polar surface area (TPSA) is 34.1 Å². The maximum atomic E-state index is 10.8. The zero-order chi connectivity index (χ0) is 7.71.